The fourth-order valence-corrected chi connectivity index (χ4v) is 6.49. The maximum absolute atomic E-state index is 13.1. The van der Waals surface area contributed by atoms with E-state index in [2.05, 4.69) is 10.0 Å². The first-order chi connectivity index (χ1) is 16.5. The Bertz CT molecular complexity index is 1270. The van der Waals surface area contributed by atoms with Crippen molar-refractivity contribution in [2.24, 2.45) is 5.92 Å². The largest absolute Gasteiger partial charge is 0.324 e. The summed E-state index contributed by atoms with van der Waals surface area (Å²) in [6.45, 7) is 6.18. The second-order valence-corrected chi connectivity index (χ2v) is 12.6. The SMILES string of the molecule is Cc1ccc(S(=O)(=O)N2CCCCC2)cc1NC(=O)[C@@H](NS(=O)(=O)/C=C/c1ccccc1)C(C)C. The zero-order valence-electron chi connectivity index (χ0n) is 20.3. The Morgan fingerprint density at radius 3 is 2.26 bits per heavy atom. The first-order valence-electron chi connectivity index (χ1n) is 11.7. The minimum Gasteiger partial charge on any atom is -0.324 e. The molecule has 0 radical (unpaired) electrons. The number of carbonyl (C=O) groups excluding carboxylic acids is 1. The summed E-state index contributed by atoms with van der Waals surface area (Å²) in [7, 11) is -7.59. The Morgan fingerprint density at radius 2 is 1.63 bits per heavy atom. The van der Waals surface area contributed by atoms with E-state index in [0.29, 0.717) is 29.9 Å². The van der Waals surface area contributed by atoms with Crippen LogP contribution < -0.4 is 10.0 Å². The Morgan fingerprint density at radius 1 is 0.971 bits per heavy atom. The Kier molecular flexibility index (Phi) is 8.87. The van der Waals surface area contributed by atoms with Crippen LogP contribution in [0.15, 0.2) is 58.8 Å². The van der Waals surface area contributed by atoms with Gasteiger partial charge in [0.15, 0.2) is 0 Å². The molecule has 0 spiro atoms. The summed E-state index contributed by atoms with van der Waals surface area (Å²) in [5.41, 5.74) is 1.72. The first kappa shape index (κ1) is 27.1. The lowest BCUT2D eigenvalue weighted by molar-refractivity contribution is -0.118. The van der Waals surface area contributed by atoms with Crippen molar-refractivity contribution in [1.82, 2.24) is 9.03 Å². The molecule has 1 atom stereocenters. The van der Waals surface area contributed by atoms with Crippen molar-refractivity contribution < 1.29 is 21.6 Å². The van der Waals surface area contributed by atoms with Crippen molar-refractivity contribution in [2.45, 2.75) is 51.0 Å². The third kappa shape index (κ3) is 7.23. The standard InChI is InChI=1S/C25H33N3O5S2/c1-19(2)24(27-34(30,31)17-14-21-10-6-4-7-11-21)25(29)26-23-18-22(13-12-20(23)3)35(32,33)28-15-8-5-9-16-28/h4,6-7,10-14,17-19,24,27H,5,8-9,15-16H2,1-3H3,(H,26,29)/b17-14+/t24-/m0/s1. The van der Waals surface area contributed by atoms with Crippen LogP contribution in [-0.2, 0) is 24.8 Å². The molecule has 190 valence electrons. The number of anilines is 1. The highest BCUT2D eigenvalue weighted by molar-refractivity contribution is 7.92. The number of hydrogen-bond donors (Lipinski definition) is 2. The van der Waals surface area contributed by atoms with Crippen molar-refractivity contribution in [1.29, 1.82) is 0 Å². The van der Waals surface area contributed by atoms with Crippen LogP contribution in [0.25, 0.3) is 6.08 Å². The van der Waals surface area contributed by atoms with Crippen molar-refractivity contribution in [3.05, 3.63) is 65.1 Å². The third-order valence-electron chi connectivity index (χ3n) is 5.90. The Hall–Kier alpha value is -2.53. The molecular weight excluding hydrogens is 486 g/mol. The molecule has 3 rings (SSSR count). The molecule has 2 aromatic rings. The molecule has 1 amide bonds. The van der Waals surface area contributed by atoms with E-state index in [1.807, 2.05) is 6.07 Å². The molecule has 0 saturated carbocycles. The number of sulfonamides is 2. The van der Waals surface area contributed by atoms with Crippen molar-refractivity contribution >= 4 is 37.7 Å². The summed E-state index contributed by atoms with van der Waals surface area (Å²) in [6, 6.07) is 12.5. The number of carbonyl (C=O) groups is 1. The van der Waals surface area contributed by atoms with Gasteiger partial charge in [-0.05, 0) is 55.0 Å². The number of aryl methyl sites for hydroxylation is 1. The number of benzene rings is 2. The van der Waals surface area contributed by atoms with Crippen LogP contribution >= 0.6 is 0 Å². The summed E-state index contributed by atoms with van der Waals surface area (Å²) in [4.78, 5) is 13.2. The summed E-state index contributed by atoms with van der Waals surface area (Å²) in [5.74, 6) is -0.914. The fourth-order valence-electron chi connectivity index (χ4n) is 3.80. The van der Waals surface area contributed by atoms with Gasteiger partial charge in [-0.2, -0.15) is 9.03 Å². The molecule has 2 N–H and O–H groups in total. The molecular formula is C25H33N3O5S2. The molecule has 8 nitrogen and oxygen atoms in total. The number of nitrogens with one attached hydrogen (secondary N) is 2. The number of rotatable bonds is 9. The van der Waals surface area contributed by atoms with Crippen LogP contribution in [0.1, 0.15) is 44.2 Å². The van der Waals surface area contributed by atoms with E-state index < -0.39 is 32.0 Å². The Balaban J connectivity index is 1.78. The van der Waals surface area contributed by atoms with Gasteiger partial charge >= 0.3 is 0 Å². The highest BCUT2D eigenvalue weighted by Gasteiger charge is 2.29. The van der Waals surface area contributed by atoms with Gasteiger partial charge in [0.25, 0.3) is 0 Å². The predicted octanol–water partition coefficient (Wildman–Crippen LogP) is 3.72. The highest BCUT2D eigenvalue weighted by Crippen LogP contribution is 2.25. The molecule has 0 aromatic heterocycles. The van der Waals surface area contributed by atoms with Gasteiger partial charge in [0, 0.05) is 24.2 Å². The lowest BCUT2D eigenvalue weighted by atomic mass is 10.0. The van der Waals surface area contributed by atoms with Crippen LogP contribution in [0.5, 0.6) is 0 Å². The Labute approximate surface area is 208 Å². The van der Waals surface area contributed by atoms with Crippen molar-refractivity contribution in [3.8, 4) is 0 Å². The zero-order valence-corrected chi connectivity index (χ0v) is 21.9. The van der Waals surface area contributed by atoms with E-state index in [1.165, 1.54) is 22.5 Å². The molecule has 0 bridgehead atoms. The molecule has 1 aliphatic heterocycles. The lowest BCUT2D eigenvalue weighted by Crippen LogP contribution is -2.46. The van der Waals surface area contributed by atoms with Gasteiger partial charge in [0.2, 0.25) is 26.0 Å². The van der Waals surface area contributed by atoms with Crippen LogP contribution in [-0.4, -0.2) is 46.2 Å². The van der Waals surface area contributed by atoms with E-state index >= 15 is 0 Å². The van der Waals surface area contributed by atoms with E-state index in [0.717, 1.165) is 24.7 Å². The zero-order chi connectivity index (χ0) is 25.6. The summed E-state index contributed by atoms with van der Waals surface area (Å²) in [6.07, 6.45) is 4.11. The highest BCUT2D eigenvalue weighted by atomic mass is 32.2. The fraction of sp³-hybridized carbons (Fsp3) is 0.400. The minimum absolute atomic E-state index is 0.104. The average Bonchev–Trinajstić information content (AvgIpc) is 2.83. The van der Waals surface area contributed by atoms with Gasteiger partial charge in [-0.1, -0.05) is 56.7 Å². The summed E-state index contributed by atoms with van der Waals surface area (Å²) in [5, 5.41) is 3.76. The summed E-state index contributed by atoms with van der Waals surface area (Å²) >= 11 is 0. The van der Waals surface area contributed by atoms with Crippen molar-refractivity contribution in [2.75, 3.05) is 18.4 Å². The summed E-state index contributed by atoms with van der Waals surface area (Å²) < 4.78 is 55.3. The van der Waals surface area contributed by atoms with Gasteiger partial charge < -0.3 is 5.32 Å². The smallest absolute Gasteiger partial charge is 0.243 e. The quantitative estimate of drug-likeness (QED) is 0.524. The monoisotopic (exact) mass is 519 g/mol. The van der Waals surface area contributed by atoms with E-state index in [-0.39, 0.29) is 10.8 Å². The van der Waals surface area contributed by atoms with Crippen LogP contribution in [0.3, 0.4) is 0 Å². The average molecular weight is 520 g/mol. The van der Waals surface area contributed by atoms with Gasteiger partial charge in [-0.3, -0.25) is 4.79 Å². The van der Waals surface area contributed by atoms with Crippen molar-refractivity contribution in [3.63, 3.8) is 0 Å². The third-order valence-corrected chi connectivity index (χ3v) is 8.87. The van der Waals surface area contributed by atoms with E-state index in [4.69, 9.17) is 0 Å². The van der Waals surface area contributed by atoms with Crippen LogP contribution in [0, 0.1) is 12.8 Å². The first-order valence-corrected chi connectivity index (χ1v) is 14.7. The molecule has 1 fully saturated rings. The molecule has 2 aromatic carbocycles. The number of nitrogens with zero attached hydrogens (tertiary/aromatic N) is 1. The normalized spacial score (nSPS) is 16.5. The van der Waals surface area contributed by atoms with Gasteiger partial charge in [0.05, 0.1) is 4.90 Å². The molecule has 10 heteroatoms. The lowest BCUT2D eigenvalue weighted by Gasteiger charge is -2.26. The number of piperidine rings is 1. The van der Waals surface area contributed by atoms with E-state index in [9.17, 15) is 21.6 Å². The predicted molar refractivity (Wildman–Crippen MR) is 139 cm³/mol. The topological polar surface area (TPSA) is 113 Å². The molecule has 0 unspecified atom stereocenters. The number of amides is 1. The minimum atomic E-state index is -3.91. The second-order valence-electron chi connectivity index (χ2n) is 9.03. The molecule has 1 aliphatic rings. The molecule has 1 heterocycles. The second kappa shape index (κ2) is 11.5. The molecule has 35 heavy (non-hydrogen) atoms. The van der Waals surface area contributed by atoms with Crippen LogP contribution in [0.4, 0.5) is 5.69 Å². The maximum Gasteiger partial charge on any atom is 0.243 e. The van der Waals surface area contributed by atoms with Gasteiger partial charge in [-0.25, -0.2) is 16.8 Å². The molecule has 1 saturated heterocycles. The molecule has 0 aliphatic carbocycles. The van der Waals surface area contributed by atoms with Gasteiger partial charge in [-0.15, -0.1) is 0 Å². The van der Waals surface area contributed by atoms with Crippen LogP contribution in [0.2, 0.25) is 0 Å². The van der Waals surface area contributed by atoms with E-state index in [1.54, 1.807) is 51.1 Å². The van der Waals surface area contributed by atoms with Gasteiger partial charge in [0.1, 0.15) is 6.04 Å². The number of hydrogen-bond acceptors (Lipinski definition) is 5. The maximum atomic E-state index is 13.1.